The lowest BCUT2D eigenvalue weighted by Crippen LogP contribution is -2.39. The SMILES string of the molecule is CCOc1ccc(CC(=O)N(CCN(CC)CC)c2nc3c(C)cccc3s2)cc1. The number of aryl methyl sites for hydroxylation is 1. The first-order chi connectivity index (χ1) is 14.5. The van der Waals surface area contributed by atoms with Gasteiger partial charge in [0.05, 0.1) is 23.2 Å². The van der Waals surface area contributed by atoms with Crippen LogP contribution in [0, 0.1) is 6.92 Å². The number of hydrogen-bond acceptors (Lipinski definition) is 5. The molecule has 0 saturated carbocycles. The third-order valence-corrected chi connectivity index (χ3v) is 6.31. The molecule has 1 amide bonds. The van der Waals surface area contributed by atoms with Crippen LogP contribution in [-0.2, 0) is 11.2 Å². The highest BCUT2D eigenvalue weighted by Crippen LogP contribution is 2.31. The summed E-state index contributed by atoms with van der Waals surface area (Å²) in [5.41, 5.74) is 3.10. The zero-order valence-corrected chi connectivity index (χ0v) is 19.2. The van der Waals surface area contributed by atoms with Gasteiger partial charge in [0, 0.05) is 13.1 Å². The normalized spacial score (nSPS) is 11.2. The second-order valence-electron chi connectivity index (χ2n) is 7.24. The van der Waals surface area contributed by atoms with E-state index < -0.39 is 0 Å². The highest BCUT2D eigenvalue weighted by Gasteiger charge is 2.21. The predicted molar refractivity (Wildman–Crippen MR) is 126 cm³/mol. The molecule has 0 unspecified atom stereocenters. The summed E-state index contributed by atoms with van der Waals surface area (Å²) in [6.07, 6.45) is 0.347. The summed E-state index contributed by atoms with van der Waals surface area (Å²) in [5.74, 6) is 0.900. The van der Waals surface area contributed by atoms with Crippen molar-refractivity contribution in [2.45, 2.75) is 34.1 Å². The van der Waals surface area contributed by atoms with E-state index in [0.29, 0.717) is 19.6 Å². The Bertz CT molecular complexity index is 964. The van der Waals surface area contributed by atoms with Crippen LogP contribution in [0.25, 0.3) is 10.2 Å². The molecule has 0 bridgehead atoms. The Morgan fingerprint density at radius 3 is 2.40 bits per heavy atom. The zero-order chi connectivity index (χ0) is 21.5. The molecule has 3 rings (SSSR count). The Morgan fingerprint density at radius 2 is 1.77 bits per heavy atom. The lowest BCUT2D eigenvalue weighted by Gasteiger charge is -2.24. The number of para-hydroxylation sites is 1. The summed E-state index contributed by atoms with van der Waals surface area (Å²) in [7, 11) is 0. The van der Waals surface area contributed by atoms with Crippen molar-refractivity contribution in [2.75, 3.05) is 37.7 Å². The van der Waals surface area contributed by atoms with Crippen LogP contribution in [0.15, 0.2) is 42.5 Å². The predicted octanol–water partition coefficient (Wildman–Crippen LogP) is 4.92. The maximum Gasteiger partial charge on any atom is 0.233 e. The van der Waals surface area contributed by atoms with Crippen molar-refractivity contribution < 1.29 is 9.53 Å². The summed E-state index contributed by atoms with van der Waals surface area (Å²) in [4.78, 5) is 22.3. The van der Waals surface area contributed by atoms with Crippen LogP contribution in [0.5, 0.6) is 5.75 Å². The number of carbonyl (C=O) groups excluding carboxylic acids is 1. The number of anilines is 1. The molecule has 0 radical (unpaired) electrons. The average molecular weight is 426 g/mol. The number of aromatic nitrogens is 1. The minimum absolute atomic E-state index is 0.0722. The summed E-state index contributed by atoms with van der Waals surface area (Å²) in [6.45, 7) is 12.4. The summed E-state index contributed by atoms with van der Waals surface area (Å²) < 4.78 is 6.63. The molecule has 30 heavy (non-hydrogen) atoms. The van der Waals surface area contributed by atoms with E-state index >= 15 is 0 Å². The van der Waals surface area contributed by atoms with Gasteiger partial charge in [-0.15, -0.1) is 0 Å². The first-order valence-corrected chi connectivity index (χ1v) is 11.5. The minimum atomic E-state index is 0.0722. The van der Waals surface area contributed by atoms with Crippen molar-refractivity contribution in [1.82, 2.24) is 9.88 Å². The number of hydrogen-bond donors (Lipinski definition) is 0. The third-order valence-electron chi connectivity index (χ3n) is 5.27. The molecule has 0 aliphatic carbocycles. The lowest BCUT2D eigenvalue weighted by molar-refractivity contribution is -0.118. The lowest BCUT2D eigenvalue weighted by atomic mass is 10.1. The largest absolute Gasteiger partial charge is 0.494 e. The third kappa shape index (κ3) is 5.37. The molecule has 0 aliphatic rings. The molecule has 0 N–H and O–H groups in total. The fraction of sp³-hybridized carbons (Fsp3) is 0.417. The molecule has 6 heteroatoms. The van der Waals surface area contributed by atoms with E-state index in [0.717, 1.165) is 51.9 Å². The highest BCUT2D eigenvalue weighted by atomic mass is 32.1. The zero-order valence-electron chi connectivity index (χ0n) is 18.4. The van der Waals surface area contributed by atoms with Crippen LogP contribution in [0.4, 0.5) is 5.13 Å². The smallest absolute Gasteiger partial charge is 0.233 e. The van der Waals surface area contributed by atoms with Gasteiger partial charge in [0.15, 0.2) is 5.13 Å². The van der Waals surface area contributed by atoms with Gasteiger partial charge in [-0.1, -0.05) is 49.4 Å². The Balaban J connectivity index is 1.83. The number of amides is 1. The van der Waals surface area contributed by atoms with Gasteiger partial charge in [-0.05, 0) is 56.3 Å². The van der Waals surface area contributed by atoms with Gasteiger partial charge in [0.2, 0.25) is 5.91 Å². The molecule has 0 atom stereocenters. The standard InChI is InChI=1S/C24H31N3O2S/c1-5-26(6-2)15-16-27(24-25-23-18(4)9-8-10-21(23)30-24)22(28)17-19-11-13-20(14-12-19)29-7-3/h8-14H,5-7,15-17H2,1-4H3. The van der Waals surface area contributed by atoms with E-state index in [-0.39, 0.29) is 5.91 Å². The molecule has 0 fully saturated rings. The van der Waals surface area contributed by atoms with Gasteiger partial charge in [-0.3, -0.25) is 9.69 Å². The molecule has 1 aromatic heterocycles. The molecule has 2 aromatic carbocycles. The molecule has 0 aliphatic heterocycles. The maximum absolute atomic E-state index is 13.3. The number of thiazole rings is 1. The van der Waals surface area contributed by atoms with Gasteiger partial charge in [0.1, 0.15) is 5.75 Å². The fourth-order valence-corrected chi connectivity index (χ4v) is 4.53. The van der Waals surface area contributed by atoms with Crippen molar-refractivity contribution in [3.05, 3.63) is 53.6 Å². The number of fused-ring (bicyclic) bond motifs is 1. The van der Waals surface area contributed by atoms with E-state index in [1.54, 1.807) is 11.3 Å². The van der Waals surface area contributed by atoms with Crippen LogP contribution in [0.3, 0.4) is 0 Å². The van der Waals surface area contributed by atoms with Crippen LogP contribution in [-0.4, -0.2) is 48.6 Å². The average Bonchev–Trinajstić information content (AvgIpc) is 3.18. The van der Waals surface area contributed by atoms with Crippen LogP contribution < -0.4 is 9.64 Å². The first kappa shape index (κ1) is 22.2. The first-order valence-electron chi connectivity index (χ1n) is 10.7. The van der Waals surface area contributed by atoms with Crippen molar-refractivity contribution >= 4 is 32.6 Å². The van der Waals surface area contributed by atoms with Gasteiger partial charge < -0.3 is 9.64 Å². The number of carbonyl (C=O) groups is 1. The van der Waals surface area contributed by atoms with Crippen molar-refractivity contribution in [3.63, 3.8) is 0 Å². The van der Waals surface area contributed by atoms with Crippen LogP contribution in [0.2, 0.25) is 0 Å². The fourth-order valence-electron chi connectivity index (χ4n) is 3.44. The van der Waals surface area contributed by atoms with Gasteiger partial charge in [0.25, 0.3) is 0 Å². The topological polar surface area (TPSA) is 45.7 Å². The van der Waals surface area contributed by atoms with E-state index in [1.165, 1.54) is 0 Å². The number of benzene rings is 2. The molecule has 5 nitrogen and oxygen atoms in total. The van der Waals surface area contributed by atoms with E-state index in [9.17, 15) is 4.79 Å². The minimum Gasteiger partial charge on any atom is -0.494 e. The van der Waals surface area contributed by atoms with Crippen molar-refractivity contribution in [2.24, 2.45) is 0 Å². The van der Waals surface area contributed by atoms with Crippen LogP contribution >= 0.6 is 11.3 Å². The van der Waals surface area contributed by atoms with E-state index in [2.05, 4.69) is 37.8 Å². The molecule has 0 saturated heterocycles. The van der Waals surface area contributed by atoms with E-state index in [4.69, 9.17) is 9.72 Å². The molecule has 0 spiro atoms. The molecule has 160 valence electrons. The van der Waals surface area contributed by atoms with Crippen molar-refractivity contribution in [3.8, 4) is 5.75 Å². The summed E-state index contributed by atoms with van der Waals surface area (Å²) >= 11 is 1.59. The van der Waals surface area contributed by atoms with E-state index in [1.807, 2.05) is 42.2 Å². The van der Waals surface area contributed by atoms with Crippen molar-refractivity contribution in [1.29, 1.82) is 0 Å². The number of nitrogens with zero attached hydrogens (tertiary/aromatic N) is 3. The highest BCUT2D eigenvalue weighted by molar-refractivity contribution is 7.22. The van der Waals surface area contributed by atoms with Gasteiger partial charge in [-0.25, -0.2) is 4.98 Å². The second-order valence-corrected chi connectivity index (χ2v) is 8.25. The Morgan fingerprint density at radius 1 is 1.03 bits per heavy atom. The molecule has 3 aromatic rings. The monoisotopic (exact) mass is 425 g/mol. The van der Waals surface area contributed by atoms with Gasteiger partial charge >= 0.3 is 0 Å². The quantitative estimate of drug-likeness (QED) is 0.462. The molecular formula is C24H31N3O2S. The number of likely N-dealkylation sites (N-methyl/N-ethyl adjacent to an activating group) is 1. The number of rotatable bonds is 10. The second kappa shape index (κ2) is 10.5. The summed E-state index contributed by atoms with van der Waals surface area (Å²) in [5, 5.41) is 0.780. The Kier molecular flexibility index (Phi) is 7.82. The molecule has 1 heterocycles. The summed E-state index contributed by atoms with van der Waals surface area (Å²) in [6, 6.07) is 14.0. The van der Waals surface area contributed by atoms with Gasteiger partial charge in [-0.2, -0.15) is 0 Å². The Labute approximate surface area is 183 Å². The number of ether oxygens (including phenoxy) is 1. The Hall–Kier alpha value is -2.44. The maximum atomic E-state index is 13.3. The molecular weight excluding hydrogens is 394 g/mol. The van der Waals surface area contributed by atoms with Crippen LogP contribution in [0.1, 0.15) is 31.9 Å².